The fourth-order valence-electron chi connectivity index (χ4n) is 2.92. The molecule has 1 saturated carbocycles. The van der Waals surface area contributed by atoms with Crippen LogP contribution in [0, 0.1) is 0 Å². The number of rotatable bonds is 3. The maximum Gasteiger partial charge on any atom is 0.173 e. The van der Waals surface area contributed by atoms with Gasteiger partial charge in [0, 0.05) is 0 Å². The molecule has 2 fully saturated rings. The number of hydrogen-bond donors (Lipinski definition) is 3. The first-order chi connectivity index (χ1) is 10.7. The molecule has 9 heteroatoms. The summed E-state index contributed by atoms with van der Waals surface area (Å²) < 4.78 is 19.7. The highest BCUT2D eigenvalue weighted by Crippen LogP contribution is 2.32. The molecule has 3 heterocycles. The van der Waals surface area contributed by atoms with E-state index >= 15 is 0 Å². The molecule has 4 rings (SSSR count). The molecule has 3 aliphatic heterocycles. The Morgan fingerprint density at radius 3 is 2.95 bits per heavy atom. The van der Waals surface area contributed by atoms with E-state index in [2.05, 4.69) is 20.3 Å². The minimum absolute atomic E-state index is 0.313. The maximum atomic E-state index is 14.3. The van der Waals surface area contributed by atoms with E-state index < -0.39 is 37.4 Å². The molecule has 6 atom stereocenters. The molecule has 8 nitrogen and oxygen atoms in total. The SMILES string of the molecule is OC[C@H]1O[C@@H](N2C=NC3C(=NC4CC4)NC=NC32)[C@H](F)[C@@H]1O. The monoisotopic (exact) mass is 311 g/mol. The highest BCUT2D eigenvalue weighted by molar-refractivity contribution is 6.00. The van der Waals surface area contributed by atoms with Crippen LogP contribution in [0.4, 0.5) is 4.39 Å². The fraction of sp³-hybridized carbons (Fsp3) is 0.769. The van der Waals surface area contributed by atoms with Gasteiger partial charge in [0.2, 0.25) is 0 Å². The van der Waals surface area contributed by atoms with Crippen molar-refractivity contribution in [1.29, 1.82) is 0 Å². The summed E-state index contributed by atoms with van der Waals surface area (Å²) in [4.78, 5) is 14.8. The summed E-state index contributed by atoms with van der Waals surface area (Å²) in [5, 5.41) is 21.9. The molecular weight excluding hydrogens is 293 g/mol. The molecule has 0 aromatic carbocycles. The van der Waals surface area contributed by atoms with Crippen molar-refractivity contribution in [3.8, 4) is 0 Å². The van der Waals surface area contributed by atoms with Gasteiger partial charge in [-0.05, 0) is 12.8 Å². The highest BCUT2D eigenvalue weighted by atomic mass is 19.1. The molecule has 0 bridgehead atoms. The Morgan fingerprint density at radius 2 is 2.27 bits per heavy atom. The molecule has 3 N–H and O–H groups in total. The van der Waals surface area contributed by atoms with Crippen molar-refractivity contribution in [2.75, 3.05) is 6.61 Å². The number of hydrogen-bond acceptors (Lipinski definition) is 7. The van der Waals surface area contributed by atoms with Crippen LogP contribution in [0.2, 0.25) is 0 Å². The summed E-state index contributed by atoms with van der Waals surface area (Å²) in [6.45, 7) is -0.434. The first-order valence-electron chi connectivity index (χ1n) is 7.44. The van der Waals surface area contributed by atoms with Gasteiger partial charge >= 0.3 is 0 Å². The summed E-state index contributed by atoms with van der Waals surface area (Å²) in [5.41, 5.74) is 0. The van der Waals surface area contributed by atoms with Gasteiger partial charge in [-0.1, -0.05) is 0 Å². The second-order valence-electron chi connectivity index (χ2n) is 5.92. The van der Waals surface area contributed by atoms with Crippen LogP contribution in [0.3, 0.4) is 0 Å². The van der Waals surface area contributed by atoms with Gasteiger partial charge in [0.05, 0.1) is 25.3 Å². The van der Waals surface area contributed by atoms with Crippen LogP contribution in [-0.2, 0) is 4.74 Å². The highest BCUT2D eigenvalue weighted by Gasteiger charge is 2.51. The van der Waals surface area contributed by atoms with E-state index in [9.17, 15) is 9.50 Å². The van der Waals surface area contributed by atoms with Crippen molar-refractivity contribution in [1.82, 2.24) is 10.2 Å². The normalized spacial score (nSPS) is 45.4. The Balaban J connectivity index is 1.54. The molecule has 4 aliphatic rings. The lowest BCUT2D eigenvalue weighted by molar-refractivity contribution is -0.0692. The van der Waals surface area contributed by atoms with E-state index in [0.717, 1.165) is 18.7 Å². The number of fused-ring (bicyclic) bond motifs is 1. The van der Waals surface area contributed by atoms with Crippen molar-refractivity contribution < 1.29 is 19.3 Å². The number of aliphatic imine (C=N–C) groups is 3. The quantitative estimate of drug-likeness (QED) is 0.597. The second kappa shape index (κ2) is 5.25. The molecule has 22 heavy (non-hydrogen) atoms. The van der Waals surface area contributed by atoms with Crippen molar-refractivity contribution in [3.63, 3.8) is 0 Å². The predicted molar refractivity (Wildman–Crippen MR) is 76.6 cm³/mol. The Kier molecular flexibility index (Phi) is 3.35. The molecule has 2 unspecified atom stereocenters. The average molecular weight is 311 g/mol. The van der Waals surface area contributed by atoms with Crippen LogP contribution in [0.5, 0.6) is 0 Å². The van der Waals surface area contributed by atoms with Gasteiger partial charge in [-0.3, -0.25) is 9.98 Å². The van der Waals surface area contributed by atoms with E-state index in [1.54, 1.807) is 4.90 Å². The smallest absolute Gasteiger partial charge is 0.173 e. The first-order valence-corrected chi connectivity index (χ1v) is 7.44. The lowest BCUT2D eigenvalue weighted by Gasteiger charge is -2.32. The van der Waals surface area contributed by atoms with E-state index in [4.69, 9.17) is 9.84 Å². The third kappa shape index (κ3) is 2.20. The van der Waals surface area contributed by atoms with Gasteiger partial charge < -0.3 is 25.2 Å². The van der Waals surface area contributed by atoms with Gasteiger partial charge in [0.25, 0.3) is 0 Å². The van der Waals surface area contributed by atoms with Crippen LogP contribution >= 0.6 is 0 Å². The minimum atomic E-state index is -1.63. The van der Waals surface area contributed by atoms with Crippen molar-refractivity contribution in [3.05, 3.63) is 0 Å². The molecule has 0 aromatic heterocycles. The summed E-state index contributed by atoms with van der Waals surface area (Å²) in [5.74, 6) is 0.730. The van der Waals surface area contributed by atoms with Gasteiger partial charge in [-0.15, -0.1) is 0 Å². The number of nitrogens with zero attached hydrogens (tertiary/aromatic N) is 4. The number of aliphatic hydroxyl groups is 2. The van der Waals surface area contributed by atoms with Crippen LogP contribution in [-0.4, -0.2) is 83.1 Å². The van der Waals surface area contributed by atoms with E-state index in [1.165, 1.54) is 12.7 Å². The zero-order valence-electron chi connectivity index (χ0n) is 11.8. The van der Waals surface area contributed by atoms with Crippen molar-refractivity contribution in [2.45, 2.75) is 55.7 Å². The number of aliphatic hydroxyl groups excluding tert-OH is 2. The standard InChI is InChI=1S/C13H18FN5O3/c14-8-10(21)7(3-20)22-13(8)19-5-17-9-11(18-6-1-2-6)15-4-16-12(9)19/h4-10,12-13,20-21H,1-3H2,(H,15,16,18)/t7-,8-,9?,10-,12?,13-/m1/s1. The Labute approximate surface area is 126 Å². The van der Waals surface area contributed by atoms with E-state index in [0.29, 0.717) is 6.04 Å². The summed E-state index contributed by atoms with van der Waals surface area (Å²) >= 11 is 0. The lowest BCUT2D eigenvalue weighted by Crippen LogP contribution is -2.52. The zero-order valence-corrected chi connectivity index (χ0v) is 11.8. The van der Waals surface area contributed by atoms with E-state index in [1.807, 2.05) is 0 Å². The third-order valence-corrected chi connectivity index (χ3v) is 4.30. The largest absolute Gasteiger partial charge is 0.394 e. The molecule has 1 aliphatic carbocycles. The number of ether oxygens (including phenoxy) is 1. The number of amidine groups is 1. The molecule has 0 radical (unpaired) electrons. The number of alkyl halides is 1. The molecule has 0 aromatic rings. The van der Waals surface area contributed by atoms with E-state index in [-0.39, 0.29) is 6.04 Å². The molecule has 120 valence electrons. The number of nitrogens with one attached hydrogen (secondary N) is 1. The molecule has 1 saturated heterocycles. The summed E-state index contributed by atoms with van der Waals surface area (Å²) in [6.07, 6.45) is -0.180. The Bertz CT molecular complexity index is 538. The summed E-state index contributed by atoms with van der Waals surface area (Å²) in [7, 11) is 0. The minimum Gasteiger partial charge on any atom is -0.394 e. The van der Waals surface area contributed by atoms with Crippen LogP contribution in [0.1, 0.15) is 12.8 Å². The first kappa shape index (κ1) is 14.0. The summed E-state index contributed by atoms with van der Waals surface area (Å²) in [6, 6.07) is 0.0304. The van der Waals surface area contributed by atoms with Gasteiger partial charge in [0.1, 0.15) is 24.1 Å². The second-order valence-corrected chi connectivity index (χ2v) is 5.92. The fourth-order valence-corrected chi connectivity index (χ4v) is 2.92. The van der Waals surface area contributed by atoms with Crippen molar-refractivity contribution in [2.24, 2.45) is 15.0 Å². The zero-order chi connectivity index (χ0) is 15.3. The molecule has 0 amide bonds. The van der Waals surface area contributed by atoms with Gasteiger partial charge in [-0.2, -0.15) is 0 Å². The molecular formula is C13H18FN5O3. The average Bonchev–Trinajstić information content (AvgIpc) is 3.16. The number of halogens is 1. The van der Waals surface area contributed by atoms with Crippen LogP contribution < -0.4 is 5.32 Å². The Morgan fingerprint density at radius 1 is 1.45 bits per heavy atom. The Hall–Kier alpha value is -1.58. The van der Waals surface area contributed by atoms with Gasteiger partial charge in [0.15, 0.2) is 18.6 Å². The maximum absolute atomic E-state index is 14.3. The van der Waals surface area contributed by atoms with Gasteiger partial charge in [-0.25, -0.2) is 9.38 Å². The predicted octanol–water partition coefficient (Wildman–Crippen LogP) is -1.37. The van der Waals surface area contributed by atoms with Crippen molar-refractivity contribution >= 4 is 18.5 Å². The lowest BCUT2D eigenvalue weighted by atomic mass is 10.1. The molecule has 0 spiro atoms. The third-order valence-electron chi connectivity index (χ3n) is 4.30. The van der Waals surface area contributed by atoms with Crippen LogP contribution in [0.15, 0.2) is 15.0 Å². The van der Waals surface area contributed by atoms with Crippen LogP contribution in [0.25, 0.3) is 0 Å². The topological polar surface area (TPSA) is 102 Å².